The number of nitrogens with one attached hydrogen (secondary N) is 2. The minimum Gasteiger partial charge on any atom is -0.466 e. The Morgan fingerprint density at radius 3 is 2.51 bits per heavy atom. The van der Waals surface area contributed by atoms with Crippen molar-refractivity contribution in [1.82, 2.24) is 15.1 Å². The van der Waals surface area contributed by atoms with Crippen molar-refractivity contribution in [3.05, 3.63) is 76.0 Å². The van der Waals surface area contributed by atoms with Crippen molar-refractivity contribution in [3.63, 3.8) is 0 Å². The number of anilines is 1. The summed E-state index contributed by atoms with van der Waals surface area (Å²) in [4.78, 5) is 30.5. The normalized spacial score (nSPS) is 18.2. The van der Waals surface area contributed by atoms with Crippen LogP contribution >= 0.6 is 0 Å². The molecule has 10 nitrogen and oxygen atoms in total. The van der Waals surface area contributed by atoms with Gasteiger partial charge in [0, 0.05) is 24.0 Å². The highest BCUT2D eigenvalue weighted by molar-refractivity contribution is 6.10. The number of carbonyl (C=O) groups is 2. The summed E-state index contributed by atoms with van der Waals surface area (Å²) in [5.41, 5.74) is 6.23. The highest BCUT2D eigenvalue weighted by Crippen LogP contribution is 2.42. The topological polar surface area (TPSA) is 139 Å². The summed E-state index contributed by atoms with van der Waals surface area (Å²) in [7, 11) is 3.17. The Hall–Kier alpha value is -4.41. The molecule has 43 heavy (non-hydrogen) atoms. The standard InChI is InChI=1S/C30H34F3N7O3/c1-18-25(27(41)43-3)26(40(29(36)42)28(35)39(18)23-6-4-5-21(16-23)30(31,32)33)24-8-7-19(17-34)15-20(24)11-14-38(2)22-9-12-37-13-10-22/h4-8,15-16,22,26,35,37H,9-14H2,1-3H3,(H2,36,42)/t26-/m1/s1. The van der Waals surface area contributed by atoms with E-state index in [1.54, 1.807) is 18.2 Å². The Bertz CT molecular complexity index is 1480. The van der Waals surface area contributed by atoms with Crippen LogP contribution in [0.4, 0.5) is 23.7 Å². The maximum Gasteiger partial charge on any atom is 0.416 e. The van der Waals surface area contributed by atoms with Gasteiger partial charge in [0.15, 0.2) is 0 Å². The van der Waals surface area contributed by atoms with Crippen molar-refractivity contribution >= 4 is 23.6 Å². The van der Waals surface area contributed by atoms with Gasteiger partial charge in [-0.15, -0.1) is 0 Å². The minimum atomic E-state index is -4.67. The van der Waals surface area contributed by atoms with Crippen LogP contribution in [-0.4, -0.2) is 67.6 Å². The van der Waals surface area contributed by atoms with E-state index in [9.17, 15) is 28.0 Å². The van der Waals surface area contributed by atoms with E-state index in [2.05, 4.69) is 16.3 Å². The molecule has 1 saturated heterocycles. The highest BCUT2D eigenvalue weighted by atomic mass is 19.4. The van der Waals surface area contributed by atoms with E-state index in [-0.39, 0.29) is 17.0 Å². The zero-order chi connectivity index (χ0) is 31.5. The number of nitrogens with zero attached hydrogens (tertiary/aromatic N) is 4. The van der Waals surface area contributed by atoms with Crippen LogP contribution in [-0.2, 0) is 22.1 Å². The number of primary amides is 1. The number of amides is 2. The third-order valence-electron chi connectivity index (χ3n) is 8.00. The summed E-state index contributed by atoms with van der Waals surface area (Å²) in [5.74, 6) is -1.38. The van der Waals surface area contributed by atoms with Crippen molar-refractivity contribution in [2.45, 2.75) is 44.4 Å². The predicted molar refractivity (Wildman–Crippen MR) is 154 cm³/mol. The molecule has 1 fully saturated rings. The van der Waals surface area contributed by atoms with Crippen molar-refractivity contribution in [2.24, 2.45) is 5.73 Å². The quantitative estimate of drug-likeness (QED) is 0.408. The molecule has 2 aliphatic heterocycles. The maximum atomic E-state index is 13.6. The average molecular weight is 598 g/mol. The van der Waals surface area contributed by atoms with Gasteiger partial charge in [-0.25, -0.2) is 9.59 Å². The largest absolute Gasteiger partial charge is 0.466 e. The van der Waals surface area contributed by atoms with Gasteiger partial charge in [0.2, 0.25) is 5.96 Å². The van der Waals surface area contributed by atoms with Gasteiger partial charge in [-0.3, -0.25) is 15.2 Å². The third-order valence-corrected chi connectivity index (χ3v) is 8.00. The lowest BCUT2D eigenvalue weighted by Gasteiger charge is -2.43. The number of rotatable bonds is 7. The Morgan fingerprint density at radius 2 is 1.91 bits per heavy atom. The number of likely N-dealkylation sites (N-methyl/N-ethyl adjacent to an activating group) is 1. The van der Waals surface area contributed by atoms with Gasteiger partial charge < -0.3 is 20.7 Å². The number of esters is 1. The molecule has 4 rings (SSSR count). The van der Waals surface area contributed by atoms with Crippen LogP contribution in [0.25, 0.3) is 0 Å². The molecular formula is C30H34F3N7O3. The van der Waals surface area contributed by atoms with Gasteiger partial charge in [0.05, 0.1) is 29.9 Å². The number of allylic oxidation sites excluding steroid dienone is 1. The first-order valence-corrected chi connectivity index (χ1v) is 13.8. The molecular weight excluding hydrogens is 563 g/mol. The number of piperidine rings is 1. The molecule has 4 N–H and O–H groups in total. The Balaban J connectivity index is 1.86. The van der Waals surface area contributed by atoms with Gasteiger partial charge >= 0.3 is 18.2 Å². The van der Waals surface area contributed by atoms with Crippen molar-refractivity contribution in [3.8, 4) is 6.07 Å². The number of benzene rings is 2. The fourth-order valence-corrected chi connectivity index (χ4v) is 5.75. The van der Waals surface area contributed by atoms with Crippen molar-refractivity contribution < 1.29 is 27.5 Å². The lowest BCUT2D eigenvalue weighted by molar-refractivity contribution is -0.138. The van der Waals surface area contributed by atoms with Crippen LogP contribution in [0.15, 0.2) is 53.7 Å². The zero-order valence-electron chi connectivity index (χ0n) is 24.2. The number of halogens is 3. The van der Waals surface area contributed by atoms with E-state index in [4.69, 9.17) is 15.9 Å². The van der Waals surface area contributed by atoms with E-state index in [1.165, 1.54) is 19.1 Å². The number of ether oxygens (including phenoxy) is 1. The number of nitrogens with two attached hydrogens (primary N) is 1. The second kappa shape index (κ2) is 12.8. The Kier molecular flexibility index (Phi) is 9.42. The first-order valence-electron chi connectivity index (χ1n) is 13.8. The van der Waals surface area contributed by atoms with E-state index in [0.717, 1.165) is 55.0 Å². The van der Waals surface area contributed by atoms with E-state index in [0.29, 0.717) is 35.7 Å². The number of guanidine groups is 1. The molecule has 0 bridgehead atoms. The van der Waals surface area contributed by atoms with E-state index in [1.807, 2.05) is 7.05 Å². The number of hydrogen-bond donors (Lipinski definition) is 3. The molecule has 1 atom stereocenters. The SMILES string of the molecule is COC(=O)C1=C(C)N(c2cccc(C(F)(F)F)c2)C(=N)N(C(N)=O)[C@@H]1c1ccc(C#N)cc1CCN(C)C1CCNCC1. The smallest absolute Gasteiger partial charge is 0.416 e. The predicted octanol–water partition coefficient (Wildman–Crippen LogP) is 4.13. The van der Waals surface area contributed by atoms with E-state index >= 15 is 0 Å². The number of urea groups is 1. The molecule has 0 radical (unpaired) electrons. The highest BCUT2D eigenvalue weighted by Gasteiger charge is 2.44. The van der Waals surface area contributed by atoms with Crippen LogP contribution in [0.3, 0.4) is 0 Å². The fraction of sp³-hybridized carbons (Fsp3) is 0.400. The molecule has 2 aromatic rings. The summed E-state index contributed by atoms with van der Waals surface area (Å²) in [5, 5.41) is 21.9. The number of alkyl halides is 3. The van der Waals surface area contributed by atoms with Crippen molar-refractivity contribution in [1.29, 1.82) is 10.7 Å². The minimum absolute atomic E-state index is 0.0765. The summed E-state index contributed by atoms with van der Waals surface area (Å²) < 4.78 is 45.8. The first-order chi connectivity index (χ1) is 20.4. The third kappa shape index (κ3) is 6.50. The number of methoxy groups -OCH3 is 1. The summed E-state index contributed by atoms with van der Waals surface area (Å²) >= 11 is 0. The van der Waals surface area contributed by atoms with Crippen LogP contribution in [0.2, 0.25) is 0 Å². The fourth-order valence-electron chi connectivity index (χ4n) is 5.75. The van der Waals surface area contributed by atoms with Gasteiger partial charge in [0.25, 0.3) is 0 Å². The van der Waals surface area contributed by atoms with Crippen LogP contribution < -0.4 is 16.0 Å². The number of carbonyl (C=O) groups excluding carboxylic acids is 2. The van der Waals surface area contributed by atoms with Gasteiger partial charge in [-0.2, -0.15) is 18.4 Å². The molecule has 0 aliphatic carbocycles. The van der Waals surface area contributed by atoms with Crippen LogP contribution in [0.5, 0.6) is 0 Å². The van der Waals surface area contributed by atoms with Gasteiger partial charge in [-0.1, -0.05) is 12.1 Å². The molecule has 228 valence electrons. The molecule has 2 amide bonds. The number of nitriles is 1. The maximum absolute atomic E-state index is 13.6. The van der Waals surface area contributed by atoms with Crippen LogP contribution in [0, 0.1) is 16.7 Å². The summed E-state index contributed by atoms with van der Waals surface area (Å²) in [6.45, 7) is 3.91. The molecule has 0 saturated carbocycles. The van der Waals surface area contributed by atoms with Gasteiger partial charge in [0.1, 0.15) is 6.04 Å². The number of hydrogen-bond acceptors (Lipinski definition) is 7. The van der Waals surface area contributed by atoms with Crippen molar-refractivity contribution in [2.75, 3.05) is 38.7 Å². The lowest BCUT2D eigenvalue weighted by atomic mass is 9.87. The molecule has 0 aromatic heterocycles. The molecule has 2 aliphatic rings. The molecule has 13 heteroatoms. The Labute approximate surface area is 248 Å². The molecule has 2 aromatic carbocycles. The van der Waals surface area contributed by atoms with Crippen LogP contribution in [0.1, 0.15) is 48.1 Å². The van der Waals surface area contributed by atoms with Gasteiger partial charge in [-0.05, 0) is 87.8 Å². The zero-order valence-corrected chi connectivity index (χ0v) is 24.2. The molecule has 0 spiro atoms. The van der Waals surface area contributed by atoms with E-state index < -0.39 is 35.7 Å². The molecule has 0 unspecified atom stereocenters. The summed E-state index contributed by atoms with van der Waals surface area (Å²) in [6, 6.07) is 9.22. The monoisotopic (exact) mass is 597 g/mol. The summed E-state index contributed by atoms with van der Waals surface area (Å²) in [6.07, 6.45) is -2.25. The second-order valence-corrected chi connectivity index (χ2v) is 10.5. The second-order valence-electron chi connectivity index (χ2n) is 10.5. The lowest BCUT2D eigenvalue weighted by Crippen LogP contribution is -2.55. The average Bonchev–Trinajstić information content (AvgIpc) is 2.99. The molecule has 2 heterocycles. The Morgan fingerprint density at radius 1 is 1.21 bits per heavy atom. The first kappa shape index (κ1) is 31.5.